The molecule has 0 amide bonds. The average molecular weight is 223 g/mol. The molecule has 0 saturated heterocycles. The first-order chi connectivity index (χ1) is 7.42. The van der Waals surface area contributed by atoms with Crippen molar-refractivity contribution in [3.63, 3.8) is 0 Å². The Hall–Kier alpha value is -1.58. The standard InChI is InChI=1S/C12H17NO3/c1-12(2,3)16-11(14)8-9-10(15-4)6-5-7-13-9/h5-7H,8H2,1-4H3. The molecule has 0 aromatic carbocycles. The van der Waals surface area contributed by atoms with Crippen molar-refractivity contribution in [2.75, 3.05) is 7.11 Å². The topological polar surface area (TPSA) is 48.4 Å². The van der Waals surface area contributed by atoms with Crippen molar-refractivity contribution in [1.82, 2.24) is 4.98 Å². The van der Waals surface area contributed by atoms with Crippen LogP contribution in [0.25, 0.3) is 0 Å². The van der Waals surface area contributed by atoms with Crippen molar-refractivity contribution in [2.45, 2.75) is 32.8 Å². The van der Waals surface area contributed by atoms with Gasteiger partial charge >= 0.3 is 5.97 Å². The van der Waals surface area contributed by atoms with Crippen LogP contribution in [0.1, 0.15) is 26.5 Å². The van der Waals surface area contributed by atoms with E-state index in [1.54, 1.807) is 25.4 Å². The molecule has 1 aromatic heterocycles. The lowest BCUT2D eigenvalue weighted by molar-refractivity contribution is -0.154. The molecule has 88 valence electrons. The lowest BCUT2D eigenvalue weighted by Gasteiger charge is -2.19. The SMILES string of the molecule is COc1cccnc1CC(=O)OC(C)(C)C. The van der Waals surface area contributed by atoms with E-state index in [0.717, 1.165) is 0 Å². The van der Waals surface area contributed by atoms with Crippen LogP contribution in [-0.2, 0) is 16.0 Å². The summed E-state index contributed by atoms with van der Waals surface area (Å²) < 4.78 is 10.3. The van der Waals surface area contributed by atoms with Crippen LogP contribution in [0.2, 0.25) is 0 Å². The van der Waals surface area contributed by atoms with E-state index in [-0.39, 0.29) is 12.4 Å². The van der Waals surface area contributed by atoms with Gasteiger partial charge < -0.3 is 9.47 Å². The van der Waals surface area contributed by atoms with Crippen LogP contribution in [-0.4, -0.2) is 23.7 Å². The van der Waals surface area contributed by atoms with Gasteiger partial charge in [-0.3, -0.25) is 9.78 Å². The zero-order chi connectivity index (χ0) is 12.2. The summed E-state index contributed by atoms with van der Waals surface area (Å²) in [5, 5.41) is 0. The third-order valence-corrected chi connectivity index (χ3v) is 1.80. The molecule has 1 heterocycles. The Morgan fingerprint density at radius 1 is 1.44 bits per heavy atom. The molecule has 0 fully saturated rings. The van der Waals surface area contributed by atoms with Crippen LogP contribution in [0.15, 0.2) is 18.3 Å². The molecule has 0 atom stereocenters. The van der Waals surface area contributed by atoms with Crippen LogP contribution < -0.4 is 4.74 Å². The molecular weight excluding hydrogens is 206 g/mol. The summed E-state index contributed by atoms with van der Waals surface area (Å²) in [4.78, 5) is 15.7. The molecule has 16 heavy (non-hydrogen) atoms. The molecule has 1 aromatic rings. The zero-order valence-electron chi connectivity index (χ0n) is 10.1. The maximum absolute atomic E-state index is 11.6. The van der Waals surface area contributed by atoms with Gasteiger partial charge in [-0.1, -0.05) is 0 Å². The summed E-state index contributed by atoms with van der Waals surface area (Å²) in [6.07, 6.45) is 1.75. The number of ether oxygens (including phenoxy) is 2. The summed E-state index contributed by atoms with van der Waals surface area (Å²) in [7, 11) is 1.55. The predicted octanol–water partition coefficient (Wildman–Crippen LogP) is 1.97. The Bertz CT molecular complexity index is 369. The van der Waals surface area contributed by atoms with Gasteiger partial charge in [0.05, 0.1) is 19.2 Å². The van der Waals surface area contributed by atoms with Gasteiger partial charge in [-0.15, -0.1) is 0 Å². The quantitative estimate of drug-likeness (QED) is 0.735. The van der Waals surface area contributed by atoms with Crippen LogP contribution >= 0.6 is 0 Å². The van der Waals surface area contributed by atoms with Crippen LogP contribution in [0.4, 0.5) is 0 Å². The second kappa shape index (κ2) is 4.96. The molecule has 4 heteroatoms. The van der Waals surface area contributed by atoms with Crippen LogP contribution in [0, 0.1) is 0 Å². The first kappa shape index (κ1) is 12.5. The van der Waals surface area contributed by atoms with Gasteiger partial charge in [0.25, 0.3) is 0 Å². The fraction of sp³-hybridized carbons (Fsp3) is 0.500. The number of carbonyl (C=O) groups excluding carboxylic acids is 1. The number of aromatic nitrogens is 1. The highest BCUT2D eigenvalue weighted by molar-refractivity contribution is 5.73. The summed E-state index contributed by atoms with van der Waals surface area (Å²) >= 11 is 0. The van der Waals surface area contributed by atoms with Crippen LogP contribution in [0.3, 0.4) is 0 Å². The second-order valence-electron chi connectivity index (χ2n) is 4.42. The Morgan fingerprint density at radius 3 is 2.69 bits per heavy atom. The summed E-state index contributed by atoms with van der Waals surface area (Å²) in [5.74, 6) is 0.304. The van der Waals surface area contributed by atoms with Crippen molar-refractivity contribution in [2.24, 2.45) is 0 Å². The van der Waals surface area contributed by atoms with Gasteiger partial charge in [0.15, 0.2) is 0 Å². The Balaban J connectivity index is 2.70. The van der Waals surface area contributed by atoms with Gasteiger partial charge in [0.1, 0.15) is 11.4 Å². The van der Waals surface area contributed by atoms with Crippen molar-refractivity contribution in [3.8, 4) is 5.75 Å². The highest BCUT2D eigenvalue weighted by atomic mass is 16.6. The van der Waals surface area contributed by atoms with E-state index in [1.807, 2.05) is 20.8 Å². The normalized spacial score (nSPS) is 11.0. The minimum Gasteiger partial charge on any atom is -0.495 e. The van der Waals surface area contributed by atoms with Gasteiger partial charge in [0, 0.05) is 6.20 Å². The van der Waals surface area contributed by atoms with E-state index in [9.17, 15) is 4.79 Å². The predicted molar refractivity (Wildman–Crippen MR) is 60.3 cm³/mol. The van der Waals surface area contributed by atoms with Gasteiger partial charge in [-0.05, 0) is 32.9 Å². The molecule has 4 nitrogen and oxygen atoms in total. The highest BCUT2D eigenvalue weighted by Gasteiger charge is 2.18. The molecule has 0 saturated carbocycles. The smallest absolute Gasteiger partial charge is 0.312 e. The lowest BCUT2D eigenvalue weighted by atomic mass is 10.2. The molecule has 0 aliphatic carbocycles. The monoisotopic (exact) mass is 223 g/mol. The maximum Gasteiger partial charge on any atom is 0.312 e. The average Bonchev–Trinajstić information content (AvgIpc) is 2.15. The van der Waals surface area contributed by atoms with E-state index in [4.69, 9.17) is 9.47 Å². The lowest BCUT2D eigenvalue weighted by Crippen LogP contribution is -2.25. The number of carbonyl (C=O) groups is 1. The van der Waals surface area contributed by atoms with E-state index >= 15 is 0 Å². The molecule has 0 bridgehead atoms. The van der Waals surface area contributed by atoms with Gasteiger partial charge in [0.2, 0.25) is 0 Å². The molecule has 0 spiro atoms. The van der Waals surface area contributed by atoms with Crippen LogP contribution in [0.5, 0.6) is 5.75 Å². The number of pyridine rings is 1. The molecule has 1 rings (SSSR count). The summed E-state index contributed by atoms with van der Waals surface area (Å²) in [6.45, 7) is 5.50. The third-order valence-electron chi connectivity index (χ3n) is 1.80. The van der Waals surface area contributed by atoms with Crippen molar-refractivity contribution < 1.29 is 14.3 Å². The number of methoxy groups -OCH3 is 1. The number of nitrogens with zero attached hydrogens (tertiary/aromatic N) is 1. The first-order valence-electron chi connectivity index (χ1n) is 5.12. The second-order valence-corrected chi connectivity index (χ2v) is 4.42. The summed E-state index contributed by atoms with van der Waals surface area (Å²) in [6, 6.07) is 3.53. The largest absolute Gasteiger partial charge is 0.495 e. The van der Waals surface area contributed by atoms with Crippen molar-refractivity contribution in [3.05, 3.63) is 24.0 Å². The number of hydrogen-bond donors (Lipinski definition) is 0. The Kier molecular flexibility index (Phi) is 3.88. The fourth-order valence-corrected chi connectivity index (χ4v) is 1.26. The molecular formula is C12H17NO3. The number of esters is 1. The molecule has 0 unspecified atom stereocenters. The van der Waals surface area contributed by atoms with Gasteiger partial charge in [-0.25, -0.2) is 0 Å². The molecule has 0 radical (unpaired) electrons. The van der Waals surface area contributed by atoms with E-state index < -0.39 is 5.60 Å². The minimum absolute atomic E-state index is 0.126. The number of hydrogen-bond acceptors (Lipinski definition) is 4. The molecule has 0 aliphatic rings. The number of rotatable bonds is 3. The summed E-state index contributed by atoms with van der Waals surface area (Å²) in [5.41, 5.74) is 0.123. The van der Waals surface area contributed by atoms with Crippen molar-refractivity contribution in [1.29, 1.82) is 0 Å². The maximum atomic E-state index is 11.6. The Labute approximate surface area is 95.6 Å². The molecule has 0 N–H and O–H groups in total. The first-order valence-corrected chi connectivity index (χ1v) is 5.12. The third kappa shape index (κ3) is 3.88. The van der Waals surface area contributed by atoms with E-state index in [0.29, 0.717) is 11.4 Å². The van der Waals surface area contributed by atoms with Crippen molar-refractivity contribution >= 4 is 5.97 Å². The fourth-order valence-electron chi connectivity index (χ4n) is 1.26. The molecule has 0 aliphatic heterocycles. The van der Waals surface area contributed by atoms with E-state index in [2.05, 4.69) is 4.98 Å². The minimum atomic E-state index is -0.473. The zero-order valence-corrected chi connectivity index (χ0v) is 10.1. The highest BCUT2D eigenvalue weighted by Crippen LogP contribution is 2.16. The van der Waals surface area contributed by atoms with E-state index in [1.165, 1.54) is 0 Å². The van der Waals surface area contributed by atoms with Gasteiger partial charge in [-0.2, -0.15) is 0 Å². The Morgan fingerprint density at radius 2 is 2.12 bits per heavy atom.